The predicted octanol–water partition coefficient (Wildman–Crippen LogP) is 2.45. The lowest BCUT2D eigenvalue weighted by molar-refractivity contribution is 0.0938. The molecule has 0 aliphatic rings. The van der Waals surface area contributed by atoms with Gasteiger partial charge in [0.1, 0.15) is 5.01 Å². The van der Waals surface area contributed by atoms with Crippen molar-refractivity contribution < 1.29 is 4.79 Å². The second-order valence-electron chi connectivity index (χ2n) is 3.38. The van der Waals surface area contributed by atoms with Crippen molar-refractivity contribution in [3.8, 4) is 0 Å². The molecular formula is C9H9ClN4OS2. The Bertz CT molecular complexity index is 539. The van der Waals surface area contributed by atoms with E-state index in [0.717, 1.165) is 22.0 Å². The third-order valence-electron chi connectivity index (χ3n) is 1.95. The highest BCUT2D eigenvalue weighted by Gasteiger charge is 2.17. The van der Waals surface area contributed by atoms with E-state index in [0.29, 0.717) is 0 Å². The first-order valence-electron chi connectivity index (χ1n) is 4.78. The van der Waals surface area contributed by atoms with E-state index in [-0.39, 0.29) is 21.4 Å². The van der Waals surface area contributed by atoms with E-state index in [2.05, 4.69) is 20.5 Å². The number of hydrogen-bond donors (Lipinski definition) is 1. The summed E-state index contributed by atoms with van der Waals surface area (Å²) in [5.41, 5.74) is 0.949. The van der Waals surface area contributed by atoms with Crippen molar-refractivity contribution in [2.75, 3.05) is 0 Å². The molecule has 0 saturated heterocycles. The summed E-state index contributed by atoms with van der Waals surface area (Å²) < 4.78 is 0.257. The number of halogens is 1. The number of rotatable bonds is 3. The molecule has 1 atom stereocenters. The first-order chi connectivity index (χ1) is 8.06. The van der Waals surface area contributed by atoms with E-state index in [1.807, 2.05) is 19.2 Å². The van der Waals surface area contributed by atoms with Crippen molar-refractivity contribution >= 4 is 40.2 Å². The molecule has 2 aromatic rings. The van der Waals surface area contributed by atoms with Crippen LogP contribution in [-0.2, 0) is 0 Å². The van der Waals surface area contributed by atoms with E-state index in [9.17, 15) is 4.79 Å². The van der Waals surface area contributed by atoms with Gasteiger partial charge in [-0.15, -0.1) is 21.5 Å². The molecule has 1 amide bonds. The topological polar surface area (TPSA) is 67.8 Å². The molecule has 0 spiro atoms. The lowest BCUT2D eigenvalue weighted by Crippen LogP contribution is -2.26. The molecule has 0 radical (unpaired) electrons. The maximum absolute atomic E-state index is 11.8. The zero-order valence-corrected chi connectivity index (χ0v) is 11.5. The summed E-state index contributed by atoms with van der Waals surface area (Å²) in [5.74, 6) is -0.283. The highest BCUT2D eigenvalue weighted by molar-refractivity contribution is 7.17. The summed E-state index contributed by atoms with van der Waals surface area (Å²) in [7, 11) is 0. The van der Waals surface area contributed by atoms with Crippen LogP contribution >= 0.6 is 34.3 Å². The summed E-state index contributed by atoms with van der Waals surface area (Å²) in [4.78, 5) is 16.1. The van der Waals surface area contributed by atoms with Crippen LogP contribution < -0.4 is 5.32 Å². The van der Waals surface area contributed by atoms with Crippen LogP contribution in [-0.4, -0.2) is 21.1 Å². The van der Waals surface area contributed by atoms with Crippen molar-refractivity contribution in [2.45, 2.75) is 19.9 Å². The van der Waals surface area contributed by atoms with E-state index in [4.69, 9.17) is 11.6 Å². The Morgan fingerprint density at radius 3 is 2.82 bits per heavy atom. The Hall–Kier alpha value is -1.05. The van der Waals surface area contributed by atoms with Gasteiger partial charge in [-0.3, -0.25) is 4.79 Å². The summed E-state index contributed by atoms with van der Waals surface area (Å²) in [6, 6.07) is -0.149. The van der Waals surface area contributed by atoms with Gasteiger partial charge in [-0.1, -0.05) is 11.3 Å². The standard InChI is InChI=1S/C9H9ClN4OS2/c1-4-3-16-7(11-4)5(2)12-6(15)8-13-14-9(10)17-8/h3,5H,1-2H3,(H,12,15). The number of nitrogens with zero attached hydrogens (tertiary/aromatic N) is 3. The van der Waals surface area contributed by atoms with Crippen LogP contribution in [0.1, 0.15) is 33.5 Å². The maximum Gasteiger partial charge on any atom is 0.282 e. The molecule has 0 fully saturated rings. The fourth-order valence-corrected chi connectivity index (χ4v) is 2.72. The number of aryl methyl sites for hydroxylation is 1. The molecule has 1 unspecified atom stereocenters. The van der Waals surface area contributed by atoms with Crippen LogP contribution in [0.3, 0.4) is 0 Å². The minimum absolute atomic E-state index is 0.149. The zero-order chi connectivity index (χ0) is 12.4. The average Bonchev–Trinajstić information content (AvgIpc) is 2.87. The van der Waals surface area contributed by atoms with Crippen molar-refractivity contribution in [1.29, 1.82) is 0 Å². The Morgan fingerprint density at radius 2 is 2.29 bits per heavy atom. The van der Waals surface area contributed by atoms with Crippen molar-refractivity contribution in [3.63, 3.8) is 0 Å². The third-order valence-corrected chi connectivity index (χ3v) is 4.11. The van der Waals surface area contributed by atoms with Gasteiger partial charge in [0.2, 0.25) is 9.47 Å². The minimum atomic E-state index is -0.283. The Labute approximate surface area is 111 Å². The highest BCUT2D eigenvalue weighted by atomic mass is 35.5. The van der Waals surface area contributed by atoms with Gasteiger partial charge in [0.25, 0.3) is 5.91 Å². The second kappa shape index (κ2) is 5.07. The van der Waals surface area contributed by atoms with Crippen LogP contribution in [0.5, 0.6) is 0 Å². The van der Waals surface area contributed by atoms with Crippen LogP contribution in [0, 0.1) is 6.92 Å². The van der Waals surface area contributed by atoms with Crippen LogP contribution in [0.15, 0.2) is 5.38 Å². The minimum Gasteiger partial charge on any atom is -0.341 e. The van der Waals surface area contributed by atoms with Gasteiger partial charge < -0.3 is 5.32 Å². The van der Waals surface area contributed by atoms with E-state index in [1.54, 1.807) is 0 Å². The average molecular weight is 289 g/mol. The molecule has 17 heavy (non-hydrogen) atoms. The first kappa shape index (κ1) is 12.4. The fraction of sp³-hybridized carbons (Fsp3) is 0.333. The third kappa shape index (κ3) is 2.99. The molecule has 2 heterocycles. The summed E-state index contributed by atoms with van der Waals surface area (Å²) in [5, 5.41) is 13.1. The SMILES string of the molecule is Cc1csc(C(C)NC(=O)c2nnc(Cl)s2)n1. The molecule has 1 N–H and O–H groups in total. The number of amides is 1. The first-order valence-corrected chi connectivity index (χ1v) is 6.85. The lowest BCUT2D eigenvalue weighted by Gasteiger charge is -2.08. The van der Waals surface area contributed by atoms with Crippen LogP contribution in [0.2, 0.25) is 4.47 Å². The number of thiazole rings is 1. The van der Waals surface area contributed by atoms with Crippen molar-refractivity contribution in [3.05, 3.63) is 25.6 Å². The van der Waals surface area contributed by atoms with Crippen molar-refractivity contribution in [1.82, 2.24) is 20.5 Å². The van der Waals surface area contributed by atoms with Gasteiger partial charge in [-0.25, -0.2) is 4.98 Å². The fourth-order valence-electron chi connectivity index (χ4n) is 1.19. The molecule has 2 aromatic heterocycles. The molecule has 5 nitrogen and oxygen atoms in total. The Kier molecular flexibility index (Phi) is 3.70. The van der Waals surface area contributed by atoms with Gasteiger partial charge in [-0.05, 0) is 25.4 Å². The molecule has 0 saturated carbocycles. The van der Waals surface area contributed by atoms with Crippen LogP contribution in [0.4, 0.5) is 0 Å². The molecule has 0 aromatic carbocycles. The van der Waals surface area contributed by atoms with Crippen molar-refractivity contribution in [2.24, 2.45) is 0 Å². The normalized spacial score (nSPS) is 12.4. The molecule has 2 rings (SSSR count). The van der Waals surface area contributed by atoms with Gasteiger partial charge in [0.05, 0.1) is 6.04 Å². The quantitative estimate of drug-likeness (QED) is 0.942. The highest BCUT2D eigenvalue weighted by Crippen LogP contribution is 2.19. The maximum atomic E-state index is 11.8. The van der Waals surface area contributed by atoms with Gasteiger partial charge >= 0.3 is 0 Å². The van der Waals surface area contributed by atoms with E-state index >= 15 is 0 Å². The molecule has 0 aliphatic carbocycles. The summed E-state index contributed by atoms with van der Waals surface area (Å²) >= 11 is 8.18. The zero-order valence-electron chi connectivity index (χ0n) is 9.10. The number of aromatic nitrogens is 3. The van der Waals surface area contributed by atoms with E-state index < -0.39 is 0 Å². The number of nitrogens with one attached hydrogen (secondary N) is 1. The van der Waals surface area contributed by atoms with E-state index in [1.165, 1.54) is 11.3 Å². The Balaban J connectivity index is 2.04. The van der Waals surface area contributed by atoms with Crippen LogP contribution in [0.25, 0.3) is 0 Å². The molecule has 0 aliphatic heterocycles. The smallest absolute Gasteiger partial charge is 0.282 e. The molecule has 90 valence electrons. The number of carbonyl (C=O) groups excluding carboxylic acids is 1. The predicted molar refractivity (Wildman–Crippen MR) is 67.7 cm³/mol. The largest absolute Gasteiger partial charge is 0.341 e. The summed E-state index contributed by atoms with van der Waals surface area (Å²) in [6.45, 7) is 3.79. The molecule has 0 bridgehead atoms. The molecular weight excluding hydrogens is 280 g/mol. The molecule has 8 heteroatoms. The monoisotopic (exact) mass is 288 g/mol. The lowest BCUT2D eigenvalue weighted by atomic mass is 10.3. The second-order valence-corrected chi connectivity index (χ2v) is 5.83. The van der Waals surface area contributed by atoms with Gasteiger partial charge in [-0.2, -0.15) is 0 Å². The number of hydrogen-bond acceptors (Lipinski definition) is 6. The van der Waals surface area contributed by atoms with Gasteiger partial charge in [0, 0.05) is 11.1 Å². The van der Waals surface area contributed by atoms with Gasteiger partial charge in [0.15, 0.2) is 0 Å². The number of carbonyl (C=O) groups is 1. The Morgan fingerprint density at radius 1 is 1.53 bits per heavy atom. The summed E-state index contributed by atoms with van der Waals surface area (Å²) in [6.07, 6.45) is 0.